The summed E-state index contributed by atoms with van der Waals surface area (Å²) in [6.07, 6.45) is 3.60. The molecule has 0 radical (unpaired) electrons. The first kappa shape index (κ1) is 21.8. The summed E-state index contributed by atoms with van der Waals surface area (Å²) in [7, 11) is 0. The molecule has 1 saturated heterocycles. The van der Waals surface area contributed by atoms with Crippen LogP contribution in [0.5, 0.6) is 17.2 Å². The number of hydrazone groups is 1. The molecule has 7 nitrogen and oxygen atoms in total. The van der Waals surface area contributed by atoms with Crippen LogP contribution in [-0.2, 0) is 11.4 Å². The van der Waals surface area contributed by atoms with E-state index in [1.807, 2.05) is 24.3 Å². The Morgan fingerprint density at radius 2 is 1.87 bits per heavy atom. The highest BCUT2D eigenvalue weighted by atomic mass is 35.5. The first-order valence-corrected chi connectivity index (χ1v) is 10.2. The molecule has 0 saturated carbocycles. The highest BCUT2D eigenvalue weighted by molar-refractivity contribution is 6.31. The second kappa shape index (κ2) is 10.7. The van der Waals surface area contributed by atoms with Crippen LogP contribution in [0.25, 0.3) is 0 Å². The van der Waals surface area contributed by atoms with Gasteiger partial charge in [-0.25, -0.2) is 0 Å². The molecule has 0 unspecified atom stereocenters. The van der Waals surface area contributed by atoms with Gasteiger partial charge in [-0.1, -0.05) is 35.9 Å². The summed E-state index contributed by atoms with van der Waals surface area (Å²) < 4.78 is 17.4. The van der Waals surface area contributed by atoms with E-state index in [-0.39, 0.29) is 12.4 Å². The van der Waals surface area contributed by atoms with Gasteiger partial charge in [0.15, 0.2) is 11.5 Å². The van der Waals surface area contributed by atoms with Crippen molar-refractivity contribution < 1.29 is 19.0 Å². The van der Waals surface area contributed by atoms with Crippen molar-refractivity contribution >= 4 is 23.9 Å². The highest BCUT2D eigenvalue weighted by Gasteiger charge is 2.21. The fraction of sp³-hybridized carbons (Fsp3) is 0.364. The maximum absolute atomic E-state index is 11.7. The number of esters is 1. The highest BCUT2D eigenvalue weighted by Crippen LogP contribution is 2.38. The zero-order chi connectivity index (χ0) is 21.3. The summed E-state index contributed by atoms with van der Waals surface area (Å²) in [5, 5.41) is 4.19. The number of carbonyl (C=O) groups excluding carboxylic acids is 1. The van der Waals surface area contributed by atoms with Crippen LogP contribution in [0, 0.1) is 5.92 Å². The fourth-order valence-electron chi connectivity index (χ4n) is 3.28. The molecule has 2 aromatic carbocycles. The van der Waals surface area contributed by atoms with E-state index in [9.17, 15) is 4.79 Å². The van der Waals surface area contributed by atoms with Crippen molar-refractivity contribution in [2.24, 2.45) is 16.9 Å². The third-order valence-corrected chi connectivity index (χ3v) is 5.25. The number of carbonyl (C=O) groups is 1. The molecule has 3 rings (SSSR count). The van der Waals surface area contributed by atoms with Crippen molar-refractivity contribution in [3.8, 4) is 17.2 Å². The lowest BCUT2D eigenvalue weighted by Crippen LogP contribution is -2.34. The van der Waals surface area contributed by atoms with Crippen LogP contribution in [0.2, 0.25) is 5.02 Å². The number of ether oxygens (including phenoxy) is 3. The molecule has 2 N–H and O–H groups in total. The van der Waals surface area contributed by atoms with E-state index in [1.54, 1.807) is 24.5 Å². The standard InChI is InChI=1S/C22H26ClN3O4/c1-16(27)30-22-20(28-13-17-9-11-26(12-10-17)15-25-24)7-4-8-21(22)29-14-18-5-2-3-6-19(18)23/h2-8,15,17H,9-14,24H2,1H3/b25-15+. The summed E-state index contributed by atoms with van der Waals surface area (Å²) >= 11 is 6.20. The van der Waals surface area contributed by atoms with Crippen molar-refractivity contribution in [3.63, 3.8) is 0 Å². The molecular weight excluding hydrogens is 406 g/mol. The van der Waals surface area contributed by atoms with Gasteiger partial charge in [-0.3, -0.25) is 4.79 Å². The Morgan fingerprint density at radius 1 is 1.17 bits per heavy atom. The van der Waals surface area contributed by atoms with Gasteiger partial charge in [0, 0.05) is 30.6 Å². The molecule has 1 aliphatic heterocycles. The summed E-state index contributed by atoms with van der Waals surface area (Å²) in [6.45, 7) is 3.89. The van der Waals surface area contributed by atoms with E-state index in [4.69, 9.17) is 31.7 Å². The van der Waals surface area contributed by atoms with Gasteiger partial charge >= 0.3 is 5.97 Å². The lowest BCUT2D eigenvalue weighted by atomic mass is 9.98. The maximum Gasteiger partial charge on any atom is 0.308 e. The van der Waals surface area contributed by atoms with Gasteiger partial charge < -0.3 is 25.0 Å². The van der Waals surface area contributed by atoms with Crippen molar-refractivity contribution in [3.05, 3.63) is 53.1 Å². The van der Waals surface area contributed by atoms with E-state index in [1.165, 1.54) is 6.92 Å². The van der Waals surface area contributed by atoms with Gasteiger partial charge in [0.2, 0.25) is 5.75 Å². The molecule has 1 heterocycles. The predicted molar refractivity (Wildman–Crippen MR) is 116 cm³/mol. The quantitative estimate of drug-likeness (QED) is 0.171. The average Bonchev–Trinajstić information content (AvgIpc) is 2.74. The second-order valence-electron chi connectivity index (χ2n) is 7.11. The molecule has 0 spiro atoms. The number of halogens is 1. The molecule has 2 aromatic rings. The zero-order valence-electron chi connectivity index (χ0n) is 16.9. The molecule has 0 aliphatic carbocycles. The van der Waals surface area contributed by atoms with Crippen molar-refractivity contribution in [1.82, 2.24) is 4.90 Å². The Labute approximate surface area is 181 Å². The Balaban J connectivity index is 1.67. The third kappa shape index (κ3) is 6.03. The van der Waals surface area contributed by atoms with Gasteiger partial charge in [0.05, 0.1) is 6.61 Å². The van der Waals surface area contributed by atoms with Crippen LogP contribution in [0.4, 0.5) is 0 Å². The number of benzene rings is 2. The Kier molecular flexibility index (Phi) is 7.79. The van der Waals surface area contributed by atoms with E-state index in [0.717, 1.165) is 31.5 Å². The largest absolute Gasteiger partial charge is 0.489 e. The molecule has 0 amide bonds. The number of para-hydroxylation sites is 1. The van der Waals surface area contributed by atoms with Crippen LogP contribution in [-0.4, -0.2) is 36.9 Å². The molecular formula is C22H26ClN3O4. The topological polar surface area (TPSA) is 86.4 Å². The monoisotopic (exact) mass is 431 g/mol. The summed E-state index contributed by atoms with van der Waals surface area (Å²) in [4.78, 5) is 13.8. The van der Waals surface area contributed by atoms with Crippen LogP contribution in [0.1, 0.15) is 25.3 Å². The van der Waals surface area contributed by atoms with Gasteiger partial charge in [-0.15, -0.1) is 0 Å². The number of nitrogens with zero attached hydrogens (tertiary/aromatic N) is 2. The van der Waals surface area contributed by atoms with E-state index >= 15 is 0 Å². The normalized spacial score (nSPS) is 14.7. The average molecular weight is 432 g/mol. The smallest absolute Gasteiger partial charge is 0.308 e. The molecule has 0 bridgehead atoms. The van der Waals surface area contributed by atoms with Crippen molar-refractivity contribution in [2.45, 2.75) is 26.4 Å². The number of rotatable bonds is 8. The van der Waals surface area contributed by atoms with Gasteiger partial charge in [-0.05, 0) is 37.0 Å². The summed E-state index contributed by atoms with van der Waals surface area (Å²) in [5.74, 6) is 6.35. The molecule has 1 aliphatic rings. The van der Waals surface area contributed by atoms with Gasteiger partial charge in [-0.2, -0.15) is 5.10 Å². The zero-order valence-corrected chi connectivity index (χ0v) is 17.7. The Morgan fingerprint density at radius 3 is 2.53 bits per heavy atom. The van der Waals surface area contributed by atoms with Crippen LogP contribution in [0.3, 0.4) is 0 Å². The molecule has 8 heteroatoms. The van der Waals surface area contributed by atoms with E-state index < -0.39 is 5.97 Å². The fourth-order valence-corrected chi connectivity index (χ4v) is 3.47. The summed E-state index contributed by atoms with van der Waals surface area (Å²) in [6, 6.07) is 12.8. The maximum atomic E-state index is 11.7. The predicted octanol–water partition coefficient (Wildman–Crippen LogP) is 3.84. The minimum Gasteiger partial charge on any atom is -0.489 e. The van der Waals surface area contributed by atoms with Gasteiger partial charge in [0.1, 0.15) is 12.9 Å². The van der Waals surface area contributed by atoms with Gasteiger partial charge in [0.25, 0.3) is 0 Å². The molecule has 30 heavy (non-hydrogen) atoms. The van der Waals surface area contributed by atoms with Crippen molar-refractivity contribution in [2.75, 3.05) is 19.7 Å². The third-order valence-electron chi connectivity index (χ3n) is 4.88. The van der Waals surface area contributed by atoms with Crippen LogP contribution < -0.4 is 20.1 Å². The lowest BCUT2D eigenvalue weighted by Gasteiger charge is -2.30. The van der Waals surface area contributed by atoms with E-state index in [2.05, 4.69) is 10.0 Å². The molecule has 0 aromatic heterocycles. The van der Waals surface area contributed by atoms with E-state index in [0.29, 0.717) is 29.0 Å². The Bertz CT molecular complexity index is 882. The first-order chi connectivity index (χ1) is 14.6. The minimum atomic E-state index is -0.442. The number of hydrogen-bond donors (Lipinski definition) is 1. The number of nitrogens with two attached hydrogens (primary N) is 1. The number of hydrogen-bond acceptors (Lipinski definition) is 6. The number of likely N-dealkylation sites (tertiary alicyclic amines) is 1. The molecule has 0 atom stereocenters. The second-order valence-corrected chi connectivity index (χ2v) is 7.52. The summed E-state index contributed by atoms with van der Waals surface area (Å²) in [5.41, 5.74) is 0.840. The number of piperidine rings is 1. The SMILES string of the molecule is CC(=O)Oc1c(OCc2ccccc2Cl)cccc1OCC1CCN(/C=N/N)CC1. The van der Waals surface area contributed by atoms with Crippen molar-refractivity contribution in [1.29, 1.82) is 0 Å². The van der Waals surface area contributed by atoms with Crippen LogP contribution >= 0.6 is 11.6 Å². The minimum absolute atomic E-state index is 0.249. The molecule has 1 fully saturated rings. The Hall–Kier alpha value is -2.93. The molecule has 160 valence electrons. The lowest BCUT2D eigenvalue weighted by molar-refractivity contribution is -0.132. The first-order valence-electron chi connectivity index (χ1n) is 9.84. The van der Waals surface area contributed by atoms with Crippen LogP contribution in [0.15, 0.2) is 47.6 Å².